The molecule has 0 aromatic heterocycles. The molecule has 0 amide bonds. The molecule has 3 rings (SSSR count). The third-order valence-electron chi connectivity index (χ3n) is 7.19. The van der Waals surface area contributed by atoms with Crippen LogP contribution in [-0.2, 0) is 12.8 Å². The van der Waals surface area contributed by atoms with E-state index in [1.807, 2.05) is 0 Å². The number of aryl methyl sites for hydroxylation is 3. The van der Waals surface area contributed by atoms with Crippen LogP contribution in [0, 0.1) is 6.92 Å². The Morgan fingerprint density at radius 3 is 1.61 bits per heavy atom. The zero-order valence-corrected chi connectivity index (χ0v) is 28.2. The number of thioether (sulfide) groups is 2. The van der Waals surface area contributed by atoms with Crippen molar-refractivity contribution in [3.8, 4) is 0 Å². The van der Waals surface area contributed by atoms with Gasteiger partial charge >= 0.3 is 0 Å². The summed E-state index contributed by atoms with van der Waals surface area (Å²) in [7, 11) is 0. The first-order valence-electron chi connectivity index (χ1n) is 15.2. The fourth-order valence-corrected chi connectivity index (χ4v) is 7.22. The predicted molar refractivity (Wildman–Crippen MR) is 193 cm³/mol. The molecule has 0 saturated carbocycles. The van der Waals surface area contributed by atoms with E-state index in [1.165, 1.54) is 85.1 Å². The molecule has 0 aliphatic heterocycles. The predicted octanol–water partition coefficient (Wildman–Crippen LogP) is 12.0. The van der Waals surface area contributed by atoms with E-state index >= 15 is 0 Å². The quantitative estimate of drug-likeness (QED) is 0.0936. The van der Waals surface area contributed by atoms with Crippen LogP contribution >= 0.6 is 48.0 Å². The second-order valence-corrected chi connectivity index (χ2v) is 14.0. The molecule has 0 unspecified atom stereocenters. The molecule has 0 fully saturated rings. The Labute approximate surface area is 268 Å². The summed E-state index contributed by atoms with van der Waals surface area (Å²) in [5.74, 6) is 0. The lowest BCUT2D eigenvalue weighted by Gasteiger charge is -2.18. The van der Waals surface area contributed by atoms with Gasteiger partial charge in [0.1, 0.15) is 8.64 Å². The Balaban J connectivity index is 1.61. The smallest absolute Gasteiger partial charge is 0.143 e. The molecule has 0 aliphatic rings. The van der Waals surface area contributed by atoms with Gasteiger partial charge in [0, 0.05) is 9.79 Å². The first-order valence-corrected chi connectivity index (χ1v) is 17.7. The van der Waals surface area contributed by atoms with Crippen LogP contribution in [0.4, 0.5) is 11.4 Å². The van der Waals surface area contributed by atoms with Gasteiger partial charge in [0.05, 0.1) is 11.4 Å². The SMILES string of the molecule is CCCCCCCc1ccccc1SC(=S)Nc1cccc(C)c1NC(=S)Sc1ccccc1CCCCCCC. The summed E-state index contributed by atoms with van der Waals surface area (Å²) in [4.78, 5) is 2.47. The Bertz CT molecular complexity index is 1240. The highest BCUT2D eigenvalue weighted by Crippen LogP contribution is 2.33. The van der Waals surface area contributed by atoms with E-state index in [4.69, 9.17) is 24.4 Å². The molecule has 220 valence electrons. The van der Waals surface area contributed by atoms with Crippen molar-refractivity contribution >= 4 is 68.0 Å². The highest BCUT2D eigenvalue weighted by molar-refractivity contribution is 8.23. The minimum atomic E-state index is 0.740. The van der Waals surface area contributed by atoms with Crippen LogP contribution in [0.1, 0.15) is 94.7 Å². The number of anilines is 2. The molecule has 0 saturated heterocycles. The molecule has 41 heavy (non-hydrogen) atoms. The van der Waals surface area contributed by atoms with E-state index in [2.05, 4.69) is 98.1 Å². The van der Waals surface area contributed by atoms with E-state index in [9.17, 15) is 0 Å². The number of hydrogen-bond acceptors (Lipinski definition) is 4. The topological polar surface area (TPSA) is 24.1 Å². The van der Waals surface area contributed by atoms with Crippen LogP contribution in [0.5, 0.6) is 0 Å². The largest absolute Gasteiger partial charge is 0.339 e. The van der Waals surface area contributed by atoms with Gasteiger partial charge in [0.15, 0.2) is 0 Å². The molecule has 3 aromatic rings. The molecule has 0 radical (unpaired) electrons. The summed E-state index contributed by atoms with van der Waals surface area (Å²) in [6, 6.07) is 23.6. The van der Waals surface area contributed by atoms with Crippen LogP contribution in [-0.4, -0.2) is 8.64 Å². The lowest BCUT2D eigenvalue weighted by atomic mass is 10.1. The first kappa shape index (κ1) is 33.6. The number of thiocarbonyl (C=S) groups is 2. The highest BCUT2D eigenvalue weighted by atomic mass is 32.2. The molecular weight excluding hydrogens is 577 g/mol. The van der Waals surface area contributed by atoms with Crippen LogP contribution in [0.2, 0.25) is 0 Å². The van der Waals surface area contributed by atoms with E-state index < -0.39 is 0 Å². The molecular formula is C35H46N2S4. The molecule has 0 bridgehead atoms. The normalized spacial score (nSPS) is 10.9. The number of para-hydroxylation sites is 1. The van der Waals surface area contributed by atoms with Crippen LogP contribution < -0.4 is 10.6 Å². The van der Waals surface area contributed by atoms with Gasteiger partial charge in [-0.15, -0.1) is 0 Å². The van der Waals surface area contributed by atoms with Crippen molar-refractivity contribution in [3.05, 3.63) is 83.4 Å². The third-order valence-corrected chi connectivity index (χ3v) is 9.70. The maximum absolute atomic E-state index is 5.86. The molecule has 2 N–H and O–H groups in total. The Kier molecular flexibility index (Phi) is 15.9. The van der Waals surface area contributed by atoms with Crippen molar-refractivity contribution in [2.24, 2.45) is 0 Å². The van der Waals surface area contributed by atoms with Crippen molar-refractivity contribution in [1.82, 2.24) is 0 Å². The zero-order chi connectivity index (χ0) is 29.3. The second kappa shape index (κ2) is 19.4. The summed E-state index contributed by atoms with van der Waals surface area (Å²) < 4.78 is 1.48. The van der Waals surface area contributed by atoms with Gasteiger partial charge in [0.25, 0.3) is 0 Å². The average molecular weight is 623 g/mol. The first-order chi connectivity index (χ1) is 20.0. The van der Waals surface area contributed by atoms with Crippen molar-refractivity contribution in [2.75, 3.05) is 10.6 Å². The fourth-order valence-electron chi connectivity index (χ4n) is 4.86. The fraction of sp³-hybridized carbons (Fsp3) is 0.429. The van der Waals surface area contributed by atoms with Gasteiger partial charge in [-0.1, -0.05) is 162 Å². The van der Waals surface area contributed by atoms with Gasteiger partial charge < -0.3 is 10.6 Å². The zero-order valence-electron chi connectivity index (χ0n) is 25.0. The van der Waals surface area contributed by atoms with E-state index in [-0.39, 0.29) is 0 Å². The van der Waals surface area contributed by atoms with Crippen LogP contribution in [0.15, 0.2) is 76.5 Å². The summed E-state index contributed by atoms with van der Waals surface area (Å²) in [5.41, 5.74) is 5.81. The lowest BCUT2D eigenvalue weighted by Crippen LogP contribution is -2.12. The van der Waals surface area contributed by atoms with Crippen LogP contribution in [0.25, 0.3) is 0 Å². The summed E-state index contributed by atoms with van der Waals surface area (Å²) in [6.45, 7) is 6.63. The molecule has 0 atom stereocenters. The van der Waals surface area contributed by atoms with Gasteiger partial charge in [-0.25, -0.2) is 0 Å². The minimum Gasteiger partial charge on any atom is -0.339 e. The molecule has 6 heteroatoms. The Morgan fingerprint density at radius 2 is 1.07 bits per heavy atom. The monoisotopic (exact) mass is 622 g/mol. The van der Waals surface area contributed by atoms with E-state index in [0.29, 0.717) is 0 Å². The summed E-state index contributed by atoms with van der Waals surface area (Å²) in [6.07, 6.45) is 15.0. The van der Waals surface area contributed by atoms with Crippen molar-refractivity contribution in [3.63, 3.8) is 0 Å². The second-order valence-electron chi connectivity index (χ2n) is 10.6. The molecule has 0 spiro atoms. The van der Waals surface area contributed by atoms with E-state index in [0.717, 1.165) is 38.4 Å². The maximum atomic E-state index is 5.86. The van der Waals surface area contributed by atoms with Gasteiger partial charge in [-0.05, 0) is 67.5 Å². The van der Waals surface area contributed by atoms with Gasteiger partial charge in [0.2, 0.25) is 0 Å². The average Bonchev–Trinajstić information content (AvgIpc) is 2.96. The lowest BCUT2D eigenvalue weighted by molar-refractivity contribution is 0.630. The van der Waals surface area contributed by atoms with Crippen molar-refractivity contribution in [2.45, 2.75) is 108 Å². The highest BCUT2D eigenvalue weighted by Gasteiger charge is 2.13. The van der Waals surface area contributed by atoms with Gasteiger partial charge in [-0.3, -0.25) is 0 Å². The molecule has 3 aromatic carbocycles. The Hall–Kier alpha value is -1.86. The maximum Gasteiger partial charge on any atom is 0.143 e. The summed E-state index contributed by atoms with van der Waals surface area (Å²) >= 11 is 15.0. The number of hydrogen-bond donors (Lipinski definition) is 2. The molecule has 2 nitrogen and oxygen atoms in total. The van der Waals surface area contributed by atoms with Gasteiger partial charge in [-0.2, -0.15) is 0 Å². The molecule has 0 heterocycles. The third kappa shape index (κ3) is 12.1. The van der Waals surface area contributed by atoms with Crippen molar-refractivity contribution < 1.29 is 0 Å². The number of nitrogens with one attached hydrogen (secondary N) is 2. The number of unbranched alkanes of at least 4 members (excludes halogenated alkanes) is 8. The minimum absolute atomic E-state index is 0.740. The van der Waals surface area contributed by atoms with Crippen LogP contribution in [0.3, 0.4) is 0 Å². The van der Waals surface area contributed by atoms with Crippen molar-refractivity contribution in [1.29, 1.82) is 0 Å². The Morgan fingerprint density at radius 1 is 0.585 bits per heavy atom. The van der Waals surface area contributed by atoms with E-state index in [1.54, 1.807) is 23.5 Å². The standard InChI is InChI=1S/C35H46N2S4/c1-4-6-8-10-12-20-28-22-14-16-25-31(28)40-34(38)36-30-24-18-19-27(3)33(30)37-35(39)41-32-26-17-15-23-29(32)21-13-11-9-7-5-2/h14-19,22-26H,4-13,20-21H2,1-3H3,(H,36,38)(H,37,39). The number of rotatable bonds is 16. The number of benzene rings is 3. The molecule has 0 aliphatic carbocycles. The summed E-state index contributed by atoms with van der Waals surface area (Å²) in [5, 5.41) is 7.03.